The Labute approximate surface area is 180 Å². The molecule has 0 bridgehead atoms. The van der Waals surface area contributed by atoms with Gasteiger partial charge in [-0.3, -0.25) is 14.4 Å². The fourth-order valence-corrected chi connectivity index (χ4v) is 4.50. The number of hydrogen-bond donors (Lipinski definition) is 1. The number of piperidine rings is 1. The summed E-state index contributed by atoms with van der Waals surface area (Å²) in [5.41, 5.74) is 2.09. The number of anilines is 1. The lowest BCUT2D eigenvalue weighted by molar-refractivity contribution is -0.137. The maximum absolute atomic E-state index is 12.8. The average Bonchev–Trinajstić information content (AvgIpc) is 3.17. The molecule has 0 saturated carbocycles. The highest BCUT2D eigenvalue weighted by atomic mass is 16.2. The summed E-state index contributed by atoms with van der Waals surface area (Å²) in [5, 5.41) is 3.13. The third-order valence-electron chi connectivity index (χ3n) is 6.64. The van der Waals surface area contributed by atoms with Crippen LogP contribution in [0.1, 0.15) is 58.4 Å². The lowest BCUT2D eigenvalue weighted by atomic mass is 9.98. The summed E-state index contributed by atoms with van der Waals surface area (Å²) in [6.45, 7) is 8.04. The van der Waals surface area contributed by atoms with Crippen LogP contribution in [0.25, 0.3) is 0 Å². The highest BCUT2D eigenvalue weighted by Gasteiger charge is 2.36. The standard InChI is InChI=1S/C24H35N3O3/c1-4-17-7-9-21(10-8-17)27-16-19(15-22(27)28)23(29)25-20-11-13-26(14-12-20)24(30)18(5-2)6-3/h7-10,18-20H,4-6,11-16H2,1-3H3,(H,25,29). The number of amides is 3. The van der Waals surface area contributed by atoms with E-state index >= 15 is 0 Å². The van der Waals surface area contributed by atoms with Crippen molar-refractivity contribution in [2.75, 3.05) is 24.5 Å². The number of likely N-dealkylation sites (tertiary alicyclic amines) is 1. The quantitative estimate of drug-likeness (QED) is 0.747. The third kappa shape index (κ3) is 5.02. The summed E-state index contributed by atoms with van der Waals surface area (Å²) in [7, 11) is 0. The molecule has 0 spiro atoms. The Morgan fingerprint density at radius 1 is 1.07 bits per heavy atom. The maximum atomic E-state index is 12.8. The number of aryl methyl sites for hydroxylation is 1. The highest BCUT2D eigenvalue weighted by Crippen LogP contribution is 2.26. The van der Waals surface area contributed by atoms with E-state index in [1.807, 2.05) is 29.2 Å². The SMILES string of the molecule is CCc1ccc(N2CC(C(=O)NC3CCN(C(=O)C(CC)CC)CC3)CC2=O)cc1. The summed E-state index contributed by atoms with van der Waals surface area (Å²) in [6.07, 6.45) is 4.52. The highest BCUT2D eigenvalue weighted by molar-refractivity contribution is 6.00. The van der Waals surface area contributed by atoms with Crippen LogP contribution in [0.15, 0.2) is 24.3 Å². The van der Waals surface area contributed by atoms with Crippen molar-refractivity contribution in [3.8, 4) is 0 Å². The van der Waals surface area contributed by atoms with Gasteiger partial charge in [0.1, 0.15) is 0 Å². The second-order valence-corrected chi connectivity index (χ2v) is 8.55. The topological polar surface area (TPSA) is 69.7 Å². The minimum atomic E-state index is -0.312. The zero-order valence-electron chi connectivity index (χ0n) is 18.5. The van der Waals surface area contributed by atoms with Crippen molar-refractivity contribution in [3.63, 3.8) is 0 Å². The fourth-order valence-electron chi connectivity index (χ4n) is 4.50. The van der Waals surface area contributed by atoms with Gasteiger partial charge >= 0.3 is 0 Å². The smallest absolute Gasteiger partial charge is 0.227 e. The second kappa shape index (κ2) is 10.1. The molecule has 1 aromatic carbocycles. The molecule has 3 rings (SSSR count). The summed E-state index contributed by atoms with van der Waals surface area (Å²) in [5.74, 6) is 0.00674. The second-order valence-electron chi connectivity index (χ2n) is 8.55. The molecule has 2 fully saturated rings. The normalized spacial score (nSPS) is 20.1. The van der Waals surface area contributed by atoms with E-state index in [2.05, 4.69) is 26.1 Å². The van der Waals surface area contributed by atoms with Gasteiger partial charge in [-0.2, -0.15) is 0 Å². The van der Waals surface area contributed by atoms with E-state index < -0.39 is 0 Å². The number of nitrogens with one attached hydrogen (secondary N) is 1. The lowest BCUT2D eigenvalue weighted by Crippen LogP contribution is -2.49. The first-order valence-corrected chi connectivity index (χ1v) is 11.4. The zero-order valence-corrected chi connectivity index (χ0v) is 18.5. The first-order chi connectivity index (χ1) is 14.5. The molecule has 6 heteroatoms. The summed E-state index contributed by atoms with van der Waals surface area (Å²) in [6, 6.07) is 8.07. The van der Waals surface area contributed by atoms with E-state index in [4.69, 9.17) is 0 Å². The molecule has 1 N–H and O–H groups in total. The number of hydrogen-bond acceptors (Lipinski definition) is 3. The molecular formula is C24H35N3O3. The molecular weight excluding hydrogens is 378 g/mol. The van der Waals surface area contributed by atoms with E-state index in [-0.39, 0.29) is 42.0 Å². The molecule has 2 heterocycles. The van der Waals surface area contributed by atoms with Crippen molar-refractivity contribution in [1.82, 2.24) is 10.2 Å². The molecule has 1 atom stereocenters. The Kier molecular flexibility index (Phi) is 7.51. The van der Waals surface area contributed by atoms with Crippen LogP contribution in [-0.2, 0) is 20.8 Å². The van der Waals surface area contributed by atoms with Crippen molar-refractivity contribution >= 4 is 23.4 Å². The van der Waals surface area contributed by atoms with Crippen molar-refractivity contribution in [2.24, 2.45) is 11.8 Å². The monoisotopic (exact) mass is 413 g/mol. The lowest BCUT2D eigenvalue weighted by Gasteiger charge is -2.34. The summed E-state index contributed by atoms with van der Waals surface area (Å²) in [4.78, 5) is 41.5. The molecule has 0 aromatic heterocycles. The van der Waals surface area contributed by atoms with Gasteiger partial charge in [-0.15, -0.1) is 0 Å². The molecule has 2 saturated heterocycles. The predicted octanol–water partition coefficient (Wildman–Crippen LogP) is 3.15. The largest absolute Gasteiger partial charge is 0.353 e. The Morgan fingerprint density at radius 3 is 2.27 bits per heavy atom. The number of nitrogens with zero attached hydrogens (tertiary/aromatic N) is 2. The molecule has 0 radical (unpaired) electrons. The van der Waals surface area contributed by atoms with Crippen molar-refractivity contribution in [2.45, 2.75) is 65.3 Å². The van der Waals surface area contributed by atoms with E-state index in [1.54, 1.807) is 4.90 Å². The Bertz CT molecular complexity index is 749. The molecule has 3 amide bonds. The number of carbonyl (C=O) groups excluding carboxylic acids is 3. The van der Waals surface area contributed by atoms with Gasteiger partial charge in [-0.1, -0.05) is 32.9 Å². The molecule has 6 nitrogen and oxygen atoms in total. The Hall–Kier alpha value is -2.37. The first kappa shape index (κ1) is 22.3. The van der Waals surface area contributed by atoms with Gasteiger partial charge in [0, 0.05) is 43.7 Å². The van der Waals surface area contributed by atoms with Gasteiger partial charge in [0.2, 0.25) is 17.7 Å². The molecule has 1 aromatic rings. The Morgan fingerprint density at radius 2 is 1.70 bits per heavy atom. The molecule has 1 unspecified atom stereocenters. The number of rotatable bonds is 7. The summed E-state index contributed by atoms with van der Waals surface area (Å²) >= 11 is 0. The van der Waals surface area contributed by atoms with Crippen LogP contribution in [0, 0.1) is 11.8 Å². The van der Waals surface area contributed by atoms with Crippen molar-refractivity contribution < 1.29 is 14.4 Å². The van der Waals surface area contributed by atoms with Gasteiger partial charge < -0.3 is 15.1 Å². The van der Waals surface area contributed by atoms with E-state index in [9.17, 15) is 14.4 Å². The minimum Gasteiger partial charge on any atom is -0.353 e. The number of benzene rings is 1. The molecule has 30 heavy (non-hydrogen) atoms. The molecule has 0 aliphatic carbocycles. The predicted molar refractivity (Wildman–Crippen MR) is 118 cm³/mol. The Balaban J connectivity index is 1.50. The van der Waals surface area contributed by atoms with E-state index in [1.165, 1.54) is 5.56 Å². The first-order valence-electron chi connectivity index (χ1n) is 11.4. The van der Waals surface area contributed by atoms with Crippen molar-refractivity contribution in [1.29, 1.82) is 0 Å². The van der Waals surface area contributed by atoms with Gasteiger partial charge in [-0.25, -0.2) is 0 Å². The van der Waals surface area contributed by atoms with Crippen LogP contribution in [0.4, 0.5) is 5.69 Å². The average molecular weight is 414 g/mol. The van der Waals surface area contributed by atoms with Crippen LogP contribution in [-0.4, -0.2) is 48.3 Å². The van der Waals surface area contributed by atoms with Crippen LogP contribution in [0.3, 0.4) is 0 Å². The van der Waals surface area contributed by atoms with Crippen molar-refractivity contribution in [3.05, 3.63) is 29.8 Å². The minimum absolute atomic E-state index is 0.00462. The van der Waals surface area contributed by atoms with Crippen LogP contribution in [0.5, 0.6) is 0 Å². The van der Waals surface area contributed by atoms with Gasteiger partial charge in [0.25, 0.3) is 0 Å². The van der Waals surface area contributed by atoms with E-state index in [0.29, 0.717) is 19.6 Å². The van der Waals surface area contributed by atoms with Crippen LogP contribution in [0.2, 0.25) is 0 Å². The van der Waals surface area contributed by atoms with E-state index in [0.717, 1.165) is 37.8 Å². The van der Waals surface area contributed by atoms with Gasteiger partial charge in [0.05, 0.1) is 5.92 Å². The fraction of sp³-hybridized carbons (Fsp3) is 0.625. The molecule has 2 aliphatic heterocycles. The van der Waals surface area contributed by atoms with Gasteiger partial charge in [-0.05, 0) is 49.8 Å². The summed E-state index contributed by atoms with van der Waals surface area (Å²) < 4.78 is 0. The van der Waals surface area contributed by atoms with Crippen LogP contribution < -0.4 is 10.2 Å². The zero-order chi connectivity index (χ0) is 21.7. The maximum Gasteiger partial charge on any atom is 0.227 e. The molecule has 164 valence electrons. The molecule has 2 aliphatic rings. The van der Waals surface area contributed by atoms with Crippen LogP contribution >= 0.6 is 0 Å². The van der Waals surface area contributed by atoms with Gasteiger partial charge in [0.15, 0.2) is 0 Å². The number of carbonyl (C=O) groups is 3. The third-order valence-corrected chi connectivity index (χ3v) is 6.64.